The minimum atomic E-state index is 0.131. The standard InChI is InChI=1S/C19H24O5/c1-21-13-23-17-11-16(9-6-10-20)19(15-7-4-3-5-8-15)18(12-17)24-14-22-2/h3-5,7-8,11-12,20H,6,9-10,13-14H2,1-2H3. The molecule has 24 heavy (non-hydrogen) atoms. The van der Waals surface area contributed by atoms with E-state index in [9.17, 15) is 5.11 Å². The number of hydrogen-bond donors (Lipinski definition) is 1. The van der Waals surface area contributed by atoms with Crippen molar-refractivity contribution in [3.8, 4) is 22.6 Å². The Labute approximate surface area is 142 Å². The molecule has 0 fully saturated rings. The van der Waals surface area contributed by atoms with Gasteiger partial charge in [-0.2, -0.15) is 0 Å². The van der Waals surface area contributed by atoms with Gasteiger partial charge < -0.3 is 24.1 Å². The second kappa shape index (κ2) is 9.93. The predicted octanol–water partition coefficient (Wildman–Crippen LogP) is 3.24. The molecular weight excluding hydrogens is 308 g/mol. The van der Waals surface area contributed by atoms with Gasteiger partial charge in [-0.3, -0.25) is 0 Å². The molecular formula is C19H24O5. The van der Waals surface area contributed by atoms with E-state index in [1.54, 1.807) is 14.2 Å². The van der Waals surface area contributed by atoms with E-state index < -0.39 is 0 Å². The Bertz CT molecular complexity index is 583. The topological polar surface area (TPSA) is 57.2 Å². The number of ether oxygens (including phenoxy) is 4. The average Bonchev–Trinajstić information content (AvgIpc) is 2.63. The third-order valence-corrected chi connectivity index (χ3v) is 3.50. The number of hydrogen-bond acceptors (Lipinski definition) is 5. The normalized spacial score (nSPS) is 10.6. The summed E-state index contributed by atoms with van der Waals surface area (Å²) in [6.07, 6.45) is 1.38. The van der Waals surface area contributed by atoms with Crippen LogP contribution in [-0.2, 0) is 15.9 Å². The summed E-state index contributed by atoms with van der Waals surface area (Å²) in [4.78, 5) is 0. The van der Waals surface area contributed by atoms with Crippen LogP contribution in [0.5, 0.6) is 11.5 Å². The van der Waals surface area contributed by atoms with Gasteiger partial charge in [-0.15, -0.1) is 0 Å². The molecule has 5 heteroatoms. The SMILES string of the molecule is COCOc1cc(CCCO)c(-c2ccccc2)c(OCOC)c1. The quantitative estimate of drug-likeness (QED) is 0.677. The summed E-state index contributed by atoms with van der Waals surface area (Å²) in [5.41, 5.74) is 3.09. The van der Waals surface area contributed by atoms with Crippen molar-refractivity contribution < 1.29 is 24.1 Å². The molecule has 0 bridgehead atoms. The summed E-state index contributed by atoms with van der Waals surface area (Å²) in [6.45, 7) is 0.437. The van der Waals surface area contributed by atoms with Crippen LogP contribution in [0.1, 0.15) is 12.0 Å². The van der Waals surface area contributed by atoms with Crippen LogP contribution in [0.15, 0.2) is 42.5 Å². The van der Waals surface area contributed by atoms with Crippen molar-refractivity contribution in [1.29, 1.82) is 0 Å². The van der Waals surface area contributed by atoms with E-state index in [1.165, 1.54) is 0 Å². The largest absolute Gasteiger partial charge is 0.467 e. The van der Waals surface area contributed by atoms with Crippen molar-refractivity contribution in [2.24, 2.45) is 0 Å². The van der Waals surface area contributed by atoms with Gasteiger partial charge in [0.15, 0.2) is 13.6 Å². The third kappa shape index (κ3) is 4.96. The molecule has 130 valence electrons. The number of aliphatic hydroxyl groups is 1. The molecule has 0 amide bonds. The predicted molar refractivity (Wildman–Crippen MR) is 92.3 cm³/mol. The fourth-order valence-corrected chi connectivity index (χ4v) is 2.49. The molecule has 0 spiro atoms. The van der Waals surface area contributed by atoms with E-state index in [1.807, 2.05) is 42.5 Å². The highest BCUT2D eigenvalue weighted by atomic mass is 16.7. The second-order valence-corrected chi connectivity index (χ2v) is 5.25. The average molecular weight is 332 g/mol. The smallest absolute Gasteiger partial charge is 0.188 e. The zero-order valence-corrected chi connectivity index (χ0v) is 14.2. The van der Waals surface area contributed by atoms with Crippen molar-refractivity contribution >= 4 is 0 Å². The van der Waals surface area contributed by atoms with Crippen molar-refractivity contribution in [3.05, 3.63) is 48.0 Å². The molecule has 2 rings (SSSR count). The van der Waals surface area contributed by atoms with Gasteiger partial charge in [0.05, 0.1) is 0 Å². The molecule has 0 unspecified atom stereocenters. The molecule has 0 aliphatic carbocycles. The van der Waals surface area contributed by atoms with Crippen LogP contribution in [0.4, 0.5) is 0 Å². The van der Waals surface area contributed by atoms with Gasteiger partial charge in [-0.25, -0.2) is 0 Å². The van der Waals surface area contributed by atoms with Gasteiger partial charge >= 0.3 is 0 Å². The lowest BCUT2D eigenvalue weighted by atomic mass is 9.95. The van der Waals surface area contributed by atoms with Gasteiger partial charge in [-0.05, 0) is 30.0 Å². The molecule has 0 radical (unpaired) electrons. The Morgan fingerprint density at radius 1 is 0.917 bits per heavy atom. The first-order valence-electron chi connectivity index (χ1n) is 7.86. The number of aliphatic hydroxyl groups excluding tert-OH is 1. The van der Waals surface area contributed by atoms with Crippen LogP contribution in [0.3, 0.4) is 0 Å². The Kier molecular flexibility index (Phi) is 7.55. The first kappa shape index (κ1) is 18.3. The first-order chi connectivity index (χ1) is 11.8. The maximum Gasteiger partial charge on any atom is 0.188 e. The number of rotatable bonds is 10. The summed E-state index contributed by atoms with van der Waals surface area (Å²) in [7, 11) is 3.16. The van der Waals surface area contributed by atoms with E-state index in [2.05, 4.69) is 0 Å². The molecule has 5 nitrogen and oxygen atoms in total. The van der Waals surface area contributed by atoms with E-state index in [-0.39, 0.29) is 20.2 Å². The van der Waals surface area contributed by atoms with E-state index in [0.29, 0.717) is 24.3 Å². The minimum absolute atomic E-state index is 0.131. The summed E-state index contributed by atoms with van der Waals surface area (Å²) >= 11 is 0. The zero-order valence-electron chi connectivity index (χ0n) is 14.2. The molecule has 0 aliphatic rings. The monoisotopic (exact) mass is 332 g/mol. The lowest BCUT2D eigenvalue weighted by Crippen LogP contribution is -2.05. The van der Waals surface area contributed by atoms with Crippen LogP contribution < -0.4 is 9.47 Å². The maximum atomic E-state index is 9.21. The Morgan fingerprint density at radius 3 is 2.29 bits per heavy atom. The summed E-state index contributed by atoms with van der Waals surface area (Å²) in [5.74, 6) is 1.35. The van der Waals surface area contributed by atoms with Crippen LogP contribution in [0.2, 0.25) is 0 Å². The zero-order chi connectivity index (χ0) is 17.2. The van der Waals surface area contributed by atoms with Gasteiger partial charge in [0.2, 0.25) is 0 Å². The third-order valence-electron chi connectivity index (χ3n) is 3.50. The van der Waals surface area contributed by atoms with Gasteiger partial charge in [0.1, 0.15) is 11.5 Å². The van der Waals surface area contributed by atoms with Crippen molar-refractivity contribution in [2.45, 2.75) is 12.8 Å². The molecule has 0 aromatic heterocycles. The highest BCUT2D eigenvalue weighted by molar-refractivity contribution is 5.75. The maximum absolute atomic E-state index is 9.21. The van der Waals surface area contributed by atoms with Crippen molar-refractivity contribution in [2.75, 3.05) is 34.4 Å². The van der Waals surface area contributed by atoms with E-state index in [4.69, 9.17) is 18.9 Å². The highest BCUT2D eigenvalue weighted by Crippen LogP contribution is 2.38. The first-order valence-corrected chi connectivity index (χ1v) is 7.86. The van der Waals surface area contributed by atoms with E-state index >= 15 is 0 Å². The molecule has 0 saturated heterocycles. The number of methoxy groups -OCH3 is 2. The summed E-state index contributed by atoms with van der Waals surface area (Å²) in [6, 6.07) is 13.8. The fourth-order valence-electron chi connectivity index (χ4n) is 2.49. The summed E-state index contributed by atoms with van der Waals surface area (Å²) < 4.78 is 21.4. The van der Waals surface area contributed by atoms with Crippen LogP contribution in [0.25, 0.3) is 11.1 Å². The van der Waals surface area contributed by atoms with Crippen LogP contribution in [0, 0.1) is 0 Å². The van der Waals surface area contributed by atoms with Gasteiger partial charge in [0, 0.05) is 32.5 Å². The van der Waals surface area contributed by atoms with Crippen LogP contribution >= 0.6 is 0 Å². The molecule has 0 heterocycles. The minimum Gasteiger partial charge on any atom is -0.467 e. The Hall–Kier alpha value is -2.08. The lowest BCUT2D eigenvalue weighted by molar-refractivity contribution is 0.0462. The number of benzene rings is 2. The fraction of sp³-hybridized carbons (Fsp3) is 0.368. The van der Waals surface area contributed by atoms with Crippen LogP contribution in [-0.4, -0.2) is 39.5 Å². The van der Waals surface area contributed by atoms with Gasteiger partial charge in [-0.1, -0.05) is 30.3 Å². The van der Waals surface area contributed by atoms with Crippen molar-refractivity contribution in [3.63, 3.8) is 0 Å². The van der Waals surface area contributed by atoms with Crippen molar-refractivity contribution in [1.82, 2.24) is 0 Å². The lowest BCUT2D eigenvalue weighted by Gasteiger charge is -2.18. The Balaban J connectivity index is 2.48. The van der Waals surface area contributed by atoms with Gasteiger partial charge in [0.25, 0.3) is 0 Å². The van der Waals surface area contributed by atoms with E-state index in [0.717, 1.165) is 16.7 Å². The molecule has 1 N–H and O–H groups in total. The summed E-state index contributed by atoms with van der Waals surface area (Å²) in [5, 5.41) is 9.21. The molecule has 0 aliphatic heterocycles. The Morgan fingerprint density at radius 2 is 1.62 bits per heavy atom. The second-order valence-electron chi connectivity index (χ2n) is 5.25. The number of aryl methyl sites for hydroxylation is 1. The highest BCUT2D eigenvalue weighted by Gasteiger charge is 2.15. The molecule has 2 aromatic rings. The molecule has 2 aromatic carbocycles. The molecule has 0 saturated carbocycles. The molecule has 0 atom stereocenters.